The molecule has 3 rings (SSSR count). The fraction of sp³-hybridized carbons (Fsp3) is 0.150. The first kappa shape index (κ1) is 19.6. The zero-order valence-electron chi connectivity index (χ0n) is 15.0. The first-order chi connectivity index (χ1) is 13.3. The van der Waals surface area contributed by atoms with Crippen molar-refractivity contribution < 1.29 is 13.6 Å². The molecule has 1 unspecified atom stereocenters. The molecule has 0 saturated heterocycles. The van der Waals surface area contributed by atoms with Gasteiger partial charge in [-0.05, 0) is 43.4 Å². The van der Waals surface area contributed by atoms with Crippen molar-refractivity contribution in [1.82, 2.24) is 14.9 Å². The second-order valence-corrected chi connectivity index (χ2v) is 6.64. The number of aromatic nitrogens is 2. The van der Waals surface area contributed by atoms with Crippen molar-refractivity contribution in [2.75, 3.05) is 0 Å². The van der Waals surface area contributed by atoms with Gasteiger partial charge in [-0.15, -0.1) is 6.58 Å². The zero-order valence-corrected chi connectivity index (χ0v) is 15.8. The molecule has 0 aliphatic carbocycles. The summed E-state index contributed by atoms with van der Waals surface area (Å²) in [7, 11) is 0. The van der Waals surface area contributed by atoms with Gasteiger partial charge in [0.1, 0.15) is 11.6 Å². The van der Waals surface area contributed by atoms with Gasteiger partial charge in [-0.2, -0.15) is 0 Å². The lowest BCUT2D eigenvalue weighted by atomic mass is 10.1. The standard InChI is InChI=1S/C20H17F2N3O2S/c1-3-8-25-19(27)15-6-4-12(9-17(15)24-20(25)28)18(26)23-11(2)14-7-5-13(21)10-16(14)22/h3-7,9-11H,1,8H2,2H3,(H,23,26)(H,24,28). The number of benzene rings is 2. The Kier molecular flexibility index (Phi) is 5.51. The van der Waals surface area contributed by atoms with Crippen LogP contribution in [0, 0.1) is 16.4 Å². The molecule has 1 atom stereocenters. The van der Waals surface area contributed by atoms with Gasteiger partial charge in [0.05, 0.1) is 16.9 Å². The van der Waals surface area contributed by atoms with E-state index in [1.807, 2.05) is 0 Å². The van der Waals surface area contributed by atoms with Crippen molar-refractivity contribution in [3.8, 4) is 0 Å². The highest BCUT2D eigenvalue weighted by Crippen LogP contribution is 2.19. The molecule has 5 nitrogen and oxygen atoms in total. The van der Waals surface area contributed by atoms with E-state index in [2.05, 4.69) is 16.9 Å². The fourth-order valence-corrected chi connectivity index (χ4v) is 3.17. The molecule has 0 bridgehead atoms. The van der Waals surface area contributed by atoms with Crippen LogP contribution < -0.4 is 10.9 Å². The Morgan fingerprint density at radius 1 is 1.32 bits per heavy atom. The van der Waals surface area contributed by atoms with Gasteiger partial charge in [0.2, 0.25) is 0 Å². The Balaban J connectivity index is 1.92. The number of nitrogens with zero attached hydrogens (tertiary/aromatic N) is 1. The van der Waals surface area contributed by atoms with Crippen LogP contribution in [0.2, 0.25) is 0 Å². The van der Waals surface area contributed by atoms with Gasteiger partial charge < -0.3 is 10.3 Å². The molecule has 0 fully saturated rings. The molecule has 3 aromatic rings. The SMILES string of the molecule is C=CCn1c(=S)[nH]c2cc(C(=O)NC(C)c3ccc(F)cc3F)ccc2c1=O. The van der Waals surface area contributed by atoms with Gasteiger partial charge in [0.25, 0.3) is 11.5 Å². The minimum Gasteiger partial charge on any atom is -0.345 e. The highest BCUT2D eigenvalue weighted by Gasteiger charge is 2.16. The van der Waals surface area contributed by atoms with E-state index in [-0.39, 0.29) is 28.0 Å². The number of amides is 1. The predicted octanol–water partition coefficient (Wildman–Crippen LogP) is 4.01. The van der Waals surface area contributed by atoms with Gasteiger partial charge >= 0.3 is 0 Å². The lowest BCUT2D eigenvalue weighted by molar-refractivity contribution is 0.0939. The molecular weight excluding hydrogens is 384 g/mol. The highest BCUT2D eigenvalue weighted by atomic mass is 32.1. The minimum absolute atomic E-state index is 0.169. The van der Waals surface area contributed by atoms with Crippen LogP contribution in [0.5, 0.6) is 0 Å². The van der Waals surface area contributed by atoms with Crippen LogP contribution in [-0.4, -0.2) is 15.5 Å². The number of halogens is 2. The number of rotatable bonds is 5. The maximum atomic E-state index is 13.9. The summed E-state index contributed by atoms with van der Waals surface area (Å²) in [6, 6.07) is 7.04. The number of allylic oxidation sites excluding steroid dienone is 1. The molecule has 0 aliphatic heterocycles. The number of carbonyl (C=O) groups is 1. The summed E-state index contributed by atoms with van der Waals surface area (Å²) in [4.78, 5) is 28.0. The Labute approximate surface area is 164 Å². The topological polar surface area (TPSA) is 66.9 Å². The number of aromatic amines is 1. The van der Waals surface area contributed by atoms with E-state index in [9.17, 15) is 18.4 Å². The molecule has 8 heteroatoms. The van der Waals surface area contributed by atoms with Crippen molar-refractivity contribution in [1.29, 1.82) is 0 Å². The average Bonchev–Trinajstić information content (AvgIpc) is 2.64. The van der Waals surface area contributed by atoms with E-state index in [4.69, 9.17) is 12.2 Å². The first-order valence-corrected chi connectivity index (χ1v) is 8.86. The Bertz CT molecular complexity index is 1200. The molecule has 1 aromatic heterocycles. The third-order valence-electron chi connectivity index (χ3n) is 4.33. The summed E-state index contributed by atoms with van der Waals surface area (Å²) >= 11 is 5.19. The van der Waals surface area contributed by atoms with E-state index in [0.29, 0.717) is 10.9 Å². The molecule has 1 heterocycles. The molecule has 2 aromatic carbocycles. The number of carbonyl (C=O) groups excluding carboxylic acids is 1. The van der Waals surface area contributed by atoms with Crippen LogP contribution in [0.15, 0.2) is 53.8 Å². The summed E-state index contributed by atoms with van der Waals surface area (Å²) in [5, 5.41) is 3.04. The van der Waals surface area contributed by atoms with Crippen LogP contribution in [-0.2, 0) is 6.54 Å². The molecule has 1 amide bonds. The van der Waals surface area contributed by atoms with E-state index in [1.165, 1.54) is 28.8 Å². The molecule has 28 heavy (non-hydrogen) atoms. The van der Waals surface area contributed by atoms with Gasteiger partial charge in [-0.1, -0.05) is 12.1 Å². The van der Waals surface area contributed by atoms with Crippen molar-refractivity contribution in [3.05, 3.63) is 86.9 Å². The smallest absolute Gasteiger partial charge is 0.262 e. The number of hydrogen-bond donors (Lipinski definition) is 2. The quantitative estimate of drug-likeness (QED) is 0.501. The van der Waals surface area contributed by atoms with Gasteiger partial charge in [0, 0.05) is 23.7 Å². The normalized spacial score (nSPS) is 12.0. The maximum Gasteiger partial charge on any atom is 0.262 e. The van der Waals surface area contributed by atoms with Crippen molar-refractivity contribution in [2.24, 2.45) is 0 Å². The van der Waals surface area contributed by atoms with E-state index >= 15 is 0 Å². The number of fused-ring (bicyclic) bond motifs is 1. The van der Waals surface area contributed by atoms with Crippen LogP contribution in [0.4, 0.5) is 8.78 Å². The number of nitrogens with one attached hydrogen (secondary N) is 2. The predicted molar refractivity (Wildman–Crippen MR) is 106 cm³/mol. The second-order valence-electron chi connectivity index (χ2n) is 6.26. The molecule has 2 N–H and O–H groups in total. The fourth-order valence-electron chi connectivity index (χ4n) is 2.90. The lowest BCUT2D eigenvalue weighted by Crippen LogP contribution is -2.27. The monoisotopic (exact) mass is 401 g/mol. The third-order valence-corrected chi connectivity index (χ3v) is 4.65. The Morgan fingerprint density at radius 3 is 2.75 bits per heavy atom. The number of hydrogen-bond acceptors (Lipinski definition) is 3. The van der Waals surface area contributed by atoms with Crippen LogP contribution in [0.1, 0.15) is 28.9 Å². The summed E-state index contributed by atoms with van der Waals surface area (Å²) in [6.45, 7) is 5.46. The molecule has 0 radical (unpaired) electrons. The molecule has 144 valence electrons. The second kappa shape index (κ2) is 7.85. The third kappa shape index (κ3) is 3.77. The van der Waals surface area contributed by atoms with Crippen LogP contribution in [0.3, 0.4) is 0 Å². The average molecular weight is 401 g/mol. The summed E-state index contributed by atoms with van der Waals surface area (Å²) in [5.41, 5.74) is 0.576. The summed E-state index contributed by atoms with van der Waals surface area (Å²) in [5.74, 6) is -1.89. The van der Waals surface area contributed by atoms with Crippen molar-refractivity contribution in [3.63, 3.8) is 0 Å². The lowest BCUT2D eigenvalue weighted by Gasteiger charge is -2.15. The molecule has 0 saturated carbocycles. The highest BCUT2D eigenvalue weighted by molar-refractivity contribution is 7.71. The summed E-state index contributed by atoms with van der Waals surface area (Å²) < 4.78 is 28.5. The van der Waals surface area contributed by atoms with Crippen LogP contribution in [0.25, 0.3) is 10.9 Å². The molecule has 0 aliphatic rings. The van der Waals surface area contributed by atoms with Crippen molar-refractivity contribution in [2.45, 2.75) is 19.5 Å². The van der Waals surface area contributed by atoms with E-state index in [0.717, 1.165) is 12.1 Å². The van der Waals surface area contributed by atoms with E-state index in [1.54, 1.807) is 13.0 Å². The van der Waals surface area contributed by atoms with E-state index < -0.39 is 23.6 Å². The molecule has 0 spiro atoms. The largest absolute Gasteiger partial charge is 0.345 e. The molecular formula is C20H17F2N3O2S. The Morgan fingerprint density at radius 2 is 2.07 bits per heavy atom. The summed E-state index contributed by atoms with van der Waals surface area (Å²) in [6.07, 6.45) is 1.56. The minimum atomic E-state index is -0.738. The van der Waals surface area contributed by atoms with Gasteiger partial charge in [0.15, 0.2) is 4.77 Å². The Hall–Kier alpha value is -3.13. The van der Waals surface area contributed by atoms with Gasteiger partial charge in [-0.3, -0.25) is 14.2 Å². The zero-order chi connectivity index (χ0) is 20.4. The van der Waals surface area contributed by atoms with Gasteiger partial charge in [-0.25, -0.2) is 8.78 Å². The number of H-pyrrole nitrogens is 1. The maximum absolute atomic E-state index is 13.9. The van der Waals surface area contributed by atoms with Crippen molar-refractivity contribution >= 4 is 29.0 Å². The van der Waals surface area contributed by atoms with Crippen LogP contribution >= 0.6 is 12.2 Å². The first-order valence-electron chi connectivity index (χ1n) is 8.45.